The fourth-order valence-electron chi connectivity index (χ4n) is 3.71. The molecule has 0 radical (unpaired) electrons. The molecule has 0 aromatic heterocycles. The molecule has 4 nitrogen and oxygen atoms in total. The maximum absolute atomic E-state index is 12.9. The Labute approximate surface area is 174 Å². The maximum Gasteiger partial charge on any atom is 0.255 e. The maximum atomic E-state index is 12.9. The molecule has 0 spiro atoms. The van der Waals surface area contributed by atoms with Crippen LogP contribution in [0.25, 0.3) is 0 Å². The second-order valence-electron chi connectivity index (χ2n) is 8.80. The Balaban J connectivity index is 1.83. The first-order valence-electron chi connectivity index (χ1n) is 10.6. The number of carbonyl (C=O) groups excluding carboxylic acids is 1. The molecular weight excluding hydrogens is 362 g/mol. The number of benzene rings is 2. The normalized spacial score (nSPS) is 14.1. The zero-order valence-electron chi connectivity index (χ0n) is 18.1. The number of anilines is 1. The molecule has 0 saturated carbocycles. The summed E-state index contributed by atoms with van der Waals surface area (Å²) in [4.78, 5) is 12.9. The van der Waals surface area contributed by atoms with Crippen LogP contribution in [0.3, 0.4) is 0 Å². The summed E-state index contributed by atoms with van der Waals surface area (Å²) in [5.41, 5.74) is 5.32. The molecule has 0 atom stereocenters. The van der Waals surface area contributed by atoms with Crippen molar-refractivity contribution in [2.24, 2.45) is 0 Å². The van der Waals surface area contributed by atoms with Crippen molar-refractivity contribution in [3.63, 3.8) is 0 Å². The molecule has 0 unspecified atom stereocenters. The van der Waals surface area contributed by atoms with Gasteiger partial charge in [-0.1, -0.05) is 39.3 Å². The van der Waals surface area contributed by atoms with E-state index in [0.717, 1.165) is 24.3 Å². The van der Waals surface area contributed by atoms with Crippen LogP contribution >= 0.6 is 0 Å². The number of amides is 1. The Bertz CT molecular complexity index is 834. The van der Waals surface area contributed by atoms with Gasteiger partial charge in [0, 0.05) is 12.7 Å². The van der Waals surface area contributed by atoms with Crippen LogP contribution in [-0.2, 0) is 23.0 Å². The molecule has 1 aliphatic rings. The number of nitrogens with one attached hydrogen (secondary N) is 1. The summed E-state index contributed by atoms with van der Waals surface area (Å²) in [6, 6.07) is 12.1. The van der Waals surface area contributed by atoms with E-state index in [9.17, 15) is 4.79 Å². The summed E-state index contributed by atoms with van der Waals surface area (Å²) < 4.78 is 11.1. The van der Waals surface area contributed by atoms with Gasteiger partial charge in [-0.15, -0.1) is 0 Å². The second-order valence-corrected chi connectivity index (χ2v) is 8.80. The minimum atomic E-state index is -0.115. The summed E-state index contributed by atoms with van der Waals surface area (Å²) in [5, 5.41) is 3.08. The Kier molecular flexibility index (Phi) is 6.96. The molecule has 29 heavy (non-hydrogen) atoms. The first-order valence-corrected chi connectivity index (χ1v) is 10.6. The van der Waals surface area contributed by atoms with Crippen LogP contribution in [0, 0.1) is 0 Å². The van der Waals surface area contributed by atoms with Crippen molar-refractivity contribution in [3.05, 3.63) is 58.7 Å². The van der Waals surface area contributed by atoms with E-state index in [1.54, 1.807) is 7.11 Å². The number of hydrogen-bond donors (Lipinski definition) is 1. The van der Waals surface area contributed by atoms with Gasteiger partial charge in [0.1, 0.15) is 12.4 Å². The van der Waals surface area contributed by atoms with E-state index in [4.69, 9.17) is 9.47 Å². The fourth-order valence-corrected chi connectivity index (χ4v) is 3.71. The topological polar surface area (TPSA) is 47.6 Å². The van der Waals surface area contributed by atoms with Crippen LogP contribution in [0.1, 0.15) is 67.1 Å². The van der Waals surface area contributed by atoms with Gasteiger partial charge < -0.3 is 14.8 Å². The van der Waals surface area contributed by atoms with Crippen molar-refractivity contribution in [2.45, 2.75) is 58.3 Å². The van der Waals surface area contributed by atoms with E-state index in [1.165, 1.54) is 36.0 Å². The predicted molar refractivity (Wildman–Crippen MR) is 118 cm³/mol. The molecule has 2 aromatic rings. The Morgan fingerprint density at radius 1 is 0.966 bits per heavy atom. The third-order valence-corrected chi connectivity index (χ3v) is 5.50. The molecular formula is C25H33NO3. The average Bonchev–Trinajstić information content (AvgIpc) is 2.92. The number of rotatable bonds is 6. The van der Waals surface area contributed by atoms with E-state index in [2.05, 4.69) is 38.2 Å². The molecule has 1 amide bonds. The smallest absolute Gasteiger partial charge is 0.255 e. The molecule has 1 N–H and O–H groups in total. The first-order chi connectivity index (χ1) is 13.9. The quantitative estimate of drug-likeness (QED) is 0.517. The molecule has 0 bridgehead atoms. The van der Waals surface area contributed by atoms with Crippen LogP contribution in [-0.4, -0.2) is 26.2 Å². The molecule has 0 fully saturated rings. The van der Waals surface area contributed by atoms with Crippen molar-refractivity contribution in [1.82, 2.24) is 0 Å². The SMILES string of the molecule is COCCOc1cc2c(cc1NC(=O)c1ccc(C(C)(C)C)cc1)CCCCC2. The zero-order valence-corrected chi connectivity index (χ0v) is 18.1. The molecule has 0 heterocycles. The molecule has 0 saturated heterocycles. The van der Waals surface area contributed by atoms with Crippen molar-refractivity contribution >= 4 is 11.6 Å². The number of methoxy groups -OCH3 is 1. The lowest BCUT2D eigenvalue weighted by molar-refractivity contribution is 0.102. The Morgan fingerprint density at radius 3 is 2.24 bits per heavy atom. The van der Waals surface area contributed by atoms with Crippen molar-refractivity contribution in [3.8, 4) is 5.75 Å². The van der Waals surface area contributed by atoms with E-state index in [0.29, 0.717) is 18.8 Å². The molecule has 4 heteroatoms. The van der Waals surface area contributed by atoms with Gasteiger partial charge in [0.05, 0.1) is 12.3 Å². The average molecular weight is 396 g/mol. The molecule has 1 aliphatic carbocycles. The summed E-state index contributed by atoms with van der Waals surface area (Å²) in [5.74, 6) is 0.609. The van der Waals surface area contributed by atoms with Gasteiger partial charge >= 0.3 is 0 Å². The highest BCUT2D eigenvalue weighted by molar-refractivity contribution is 6.05. The highest BCUT2D eigenvalue weighted by Crippen LogP contribution is 2.33. The van der Waals surface area contributed by atoms with Crippen molar-refractivity contribution in [1.29, 1.82) is 0 Å². The number of ether oxygens (including phenoxy) is 2. The molecule has 156 valence electrons. The summed E-state index contributed by atoms with van der Waals surface area (Å²) in [7, 11) is 1.66. The molecule has 2 aromatic carbocycles. The standard InChI is InChI=1S/C25H33NO3/c1-25(2,3)21-12-10-18(11-13-21)24(27)26-22-16-19-8-6-5-7-9-20(19)17-23(22)29-15-14-28-4/h10-13,16-17H,5-9,14-15H2,1-4H3,(H,26,27). The first kappa shape index (κ1) is 21.4. The van der Waals surface area contributed by atoms with Crippen molar-refractivity contribution < 1.29 is 14.3 Å². The van der Waals surface area contributed by atoms with Crippen LogP contribution < -0.4 is 10.1 Å². The van der Waals surface area contributed by atoms with Gasteiger partial charge in [-0.3, -0.25) is 4.79 Å². The van der Waals surface area contributed by atoms with Gasteiger partial charge in [0.25, 0.3) is 5.91 Å². The highest BCUT2D eigenvalue weighted by atomic mass is 16.5. The number of carbonyl (C=O) groups is 1. The summed E-state index contributed by atoms with van der Waals surface area (Å²) >= 11 is 0. The van der Waals surface area contributed by atoms with Gasteiger partial charge in [-0.25, -0.2) is 0 Å². The van der Waals surface area contributed by atoms with Crippen LogP contribution in [0.2, 0.25) is 0 Å². The Morgan fingerprint density at radius 2 is 1.62 bits per heavy atom. The van der Waals surface area contributed by atoms with Crippen LogP contribution in [0.4, 0.5) is 5.69 Å². The lowest BCUT2D eigenvalue weighted by Crippen LogP contribution is -2.16. The zero-order chi connectivity index (χ0) is 20.9. The fraction of sp³-hybridized carbons (Fsp3) is 0.480. The van der Waals surface area contributed by atoms with Gasteiger partial charge in [0.15, 0.2) is 0 Å². The summed E-state index contributed by atoms with van der Waals surface area (Å²) in [6.07, 6.45) is 5.76. The van der Waals surface area contributed by atoms with E-state index in [1.807, 2.05) is 24.3 Å². The monoisotopic (exact) mass is 395 g/mol. The van der Waals surface area contributed by atoms with E-state index in [-0.39, 0.29) is 11.3 Å². The number of fused-ring (bicyclic) bond motifs is 1. The molecule has 3 rings (SSSR count). The third kappa shape index (κ3) is 5.60. The van der Waals surface area contributed by atoms with Gasteiger partial charge in [-0.2, -0.15) is 0 Å². The third-order valence-electron chi connectivity index (χ3n) is 5.50. The van der Waals surface area contributed by atoms with E-state index < -0.39 is 0 Å². The minimum absolute atomic E-state index is 0.0639. The van der Waals surface area contributed by atoms with Gasteiger partial charge in [0.2, 0.25) is 0 Å². The minimum Gasteiger partial charge on any atom is -0.489 e. The number of hydrogen-bond acceptors (Lipinski definition) is 3. The second kappa shape index (κ2) is 9.45. The highest BCUT2D eigenvalue weighted by Gasteiger charge is 2.17. The lowest BCUT2D eigenvalue weighted by atomic mass is 9.86. The van der Waals surface area contributed by atoms with E-state index >= 15 is 0 Å². The summed E-state index contributed by atoms with van der Waals surface area (Å²) in [6.45, 7) is 7.47. The van der Waals surface area contributed by atoms with Crippen LogP contribution in [0.5, 0.6) is 5.75 Å². The van der Waals surface area contributed by atoms with Gasteiger partial charge in [-0.05, 0) is 72.1 Å². The lowest BCUT2D eigenvalue weighted by Gasteiger charge is -2.19. The predicted octanol–water partition coefficient (Wildman–Crippen LogP) is 5.53. The Hall–Kier alpha value is -2.33. The number of aryl methyl sites for hydroxylation is 2. The van der Waals surface area contributed by atoms with Crippen LogP contribution in [0.15, 0.2) is 36.4 Å². The largest absolute Gasteiger partial charge is 0.489 e. The van der Waals surface area contributed by atoms with Crippen molar-refractivity contribution in [2.75, 3.05) is 25.6 Å². The molecule has 0 aliphatic heterocycles.